The van der Waals surface area contributed by atoms with Gasteiger partial charge in [0.1, 0.15) is 41.9 Å². The predicted molar refractivity (Wildman–Crippen MR) is 195 cm³/mol. The number of allylic oxidation sites excluding steroid dienone is 1. The van der Waals surface area contributed by atoms with Gasteiger partial charge in [0, 0.05) is 12.3 Å². The molecule has 8 rings (SSSR count). The number of nitrogens with zero attached hydrogens (tertiary/aromatic N) is 5. The van der Waals surface area contributed by atoms with E-state index >= 15 is 0 Å². The average molecular weight is 740 g/mol. The number of aromatic nitrogens is 5. The molecule has 5 atom stereocenters. The number of para-hydroxylation sites is 2. The molecule has 53 heavy (non-hydrogen) atoms. The molecule has 2 aliphatic carbocycles. The number of rotatable bonds is 7. The normalized spacial score (nSPS) is 26.9. The van der Waals surface area contributed by atoms with Crippen LogP contribution in [-0.2, 0) is 19.1 Å². The first-order chi connectivity index (χ1) is 25.9. The van der Waals surface area contributed by atoms with Gasteiger partial charge in [-0.05, 0) is 68.5 Å². The highest BCUT2D eigenvalue weighted by molar-refractivity contribution is 7.13. The summed E-state index contributed by atoms with van der Waals surface area (Å²) in [5.41, 5.74) is 0.662. The van der Waals surface area contributed by atoms with E-state index in [2.05, 4.69) is 31.1 Å². The van der Waals surface area contributed by atoms with E-state index in [1.165, 1.54) is 22.6 Å². The average Bonchev–Trinajstić information content (AvgIpc) is 3.64. The van der Waals surface area contributed by atoms with E-state index in [9.17, 15) is 19.2 Å². The zero-order valence-corrected chi connectivity index (χ0v) is 29.8. The summed E-state index contributed by atoms with van der Waals surface area (Å²) < 4.78 is 12.2. The van der Waals surface area contributed by atoms with Crippen molar-refractivity contribution in [3.63, 3.8) is 0 Å². The molecule has 15 nitrogen and oxygen atoms in total. The van der Waals surface area contributed by atoms with Gasteiger partial charge in [-0.3, -0.25) is 19.7 Å². The fourth-order valence-corrected chi connectivity index (χ4v) is 7.97. The summed E-state index contributed by atoms with van der Waals surface area (Å²) in [5.74, 6) is -1.14. The Kier molecular flexibility index (Phi) is 9.77. The van der Waals surface area contributed by atoms with Crippen molar-refractivity contribution >= 4 is 52.1 Å². The maximum Gasteiger partial charge on any atom is 0.408 e. The number of fused-ring (bicyclic) bond motifs is 3. The zero-order chi connectivity index (χ0) is 36.4. The van der Waals surface area contributed by atoms with E-state index in [-0.39, 0.29) is 30.9 Å². The van der Waals surface area contributed by atoms with Crippen molar-refractivity contribution in [2.24, 2.45) is 5.92 Å². The summed E-state index contributed by atoms with van der Waals surface area (Å²) in [6.45, 7) is 0.0474. The molecule has 1 saturated heterocycles. The van der Waals surface area contributed by atoms with Crippen molar-refractivity contribution < 1.29 is 28.7 Å². The first-order valence-corrected chi connectivity index (χ1v) is 19.1. The molecule has 0 spiro atoms. The molecule has 4 N–H and O–H groups in total. The van der Waals surface area contributed by atoms with Crippen LogP contribution in [0.1, 0.15) is 64.2 Å². The Morgan fingerprint density at radius 2 is 1.83 bits per heavy atom. The summed E-state index contributed by atoms with van der Waals surface area (Å²) in [5, 5.41) is 17.0. The molecule has 3 fully saturated rings. The number of alkyl carbamates (subject to hydrolysis) is 1. The Hall–Kier alpha value is -5.38. The van der Waals surface area contributed by atoms with Crippen molar-refractivity contribution in [1.29, 1.82) is 0 Å². The summed E-state index contributed by atoms with van der Waals surface area (Å²) in [4.78, 5) is 71.8. The highest BCUT2D eigenvalue weighted by Gasteiger charge is 2.61. The van der Waals surface area contributed by atoms with Gasteiger partial charge in [-0.1, -0.05) is 43.2 Å². The van der Waals surface area contributed by atoms with Crippen LogP contribution in [0.2, 0.25) is 0 Å². The van der Waals surface area contributed by atoms with Crippen LogP contribution in [0.15, 0.2) is 60.3 Å². The maximum absolute atomic E-state index is 14.5. The minimum absolute atomic E-state index is 0.0474. The summed E-state index contributed by atoms with van der Waals surface area (Å²) >= 11 is 1.50. The quantitative estimate of drug-likeness (QED) is 0.196. The largest absolute Gasteiger partial charge is 0.471 e. The van der Waals surface area contributed by atoms with Crippen LogP contribution in [0.4, 0.5) is 10.7 Å². The predicted octanol–water partition coefficient (Wildman–Crippen LogP) is 4.51. The second-order valence-electron chi connectivity index (χ2n) is 14.1. The number of carbonyl (C=O) groups is 4. The van der Waals surface area contributed by atoms with Crippen molar-refractivity contribution in [1.82, 2.24) is 40.7 Å². The van der Waals surface area contributed by atoms with Crippen molar-refractivity contribution in [3.05, 3.63) is 60.3 Å². The lowest BCUT2D eigenvalue weighted by atomic mass is 9.96. The number of thiophene rings is 1. The van der Waals surface area contributed by atoms with Crippen LogP contribution in [0.25, 0.3) is 21.6 Å². The SMILES string of the molecule is O=C(N[C@H]1CCCCC/C=C\[C@H]2C[C@@]2(C(=O)Nc2ncn[nH]2)NC(=O)[C@@H]2C[C@@H](Oc3nc4ccccc4nc3-c3cccs3)CN2C1=O)OC1CCC1. The summed E-state index contributed by atoms with van der Waals surface area (Å²) in [6, 6.07) is 9.44. The third-order valence-corrected chi connectivity index (χ3v) is 11.4. The first kappa shape index (κ1) is 34.7. The van der Waals surface area contributed by atoms with E-state index in [0.29, 0.717) is 41.9 Å². The number of hydrogen-bond acceptors (Lipinski definition) is 11. The Bertz CT molecular complexity index is 2000. The van der Waals surface area contributed by atoms with E-state index in [4.69, 9.17) is 19.4 Å². The highest BCUT2D eigenvalue weighted by Crippen LogP contribution is 2.46. The third-order valence-electron chi connectivity index (χ3n) is 10.5. The van der Waals surface area contributed by atoms with Gasteiger partial charge in [0.15, 0.2) is 0 Å². The lowest BCUT2D eigenvalue weighted by molar-refractivity contribution is -0.141. The van der Waals surface area contributed by atoms with Crippen LogP contribution >= 0.6 is 11.3 Å². The Morgan fingerprint density at radius 1 is 0.981 bits per heavy atom. The number of amides is 4. The number of aromatic amines is 1. The van der Waals surface area contributed by atoms with Crippen molar-refractivity contribution in [2.75, 3.05) is 11.9 Å². The molecule has 4 amide bonds. The fraction of sp³-hybridized carbons (Fsp3) is 0.459. The molecule has 0 unspecified atom stereocenters. The molecule has 0 bridgehead atoms. The van der Waals surface area contributed by atoms with Crippen LogP contribution in [0.3, 0.4) is 0 Å². The summed E-state index contributed by atoms with van der Waals surface area (Å²) in [6.07, 6.45) is 10.5. The zero-order valence-electron chi connectivity index (χ0n) is 29.0. The molecule has 3 aromatic heterocycles. The van der Waals surface area contributed by atoms with E-state index < -0.39 is 47.5 Å². The number of benzene rings is 1. The van der Waals surface area contributed by atoms with Gasteiger partial charge in [0.05, 0.1) is 22.5 Å². The minimum atomic E-state index is -1.26. The molecule has 2 aliphatic heterocycles. The monoisotopic (exact) mass is 739 g/mol. The van der Waals surface area contributed by atoms with Gasteiger partial charge in [0.25, 0.3) is 5.91 Å². The molecule has 0 radical (unpaired) electrons. The number of nitrogens with one attached hydrogen (secondary N) is 4. The summed E-state index contributed by atoms with van der Waals surface area (Å²) in [7, 11) is 0. The number of anilines is 1. The standard InChI is InChI=1S/C37H41N9O6S/c47-31-28-18-24(51-32-30(29-16-9-17-53-29)40-25-13-6-7-14-26(25)41-32)20-46(28)33(48)27(42-36(50)52-23-11-8-12-23)15-5-3-1-2-4-10-22-19-37(22,44-31)34(49)43-35-38-21-39-45-35/h4,6-7,9-10,13-14,16-17,21-24,27-28H,1-3,5,8,11-12,15,18-20H2,(H,42,50)(H,44,47)(H2,38,39,43,45,49)/b10-4-/t22-,24+,27-,28-,37+/m0/s1. The van der Waals surface area contributed by atoms with Gasteiger partial charge < -0.3 is 25.0 Å². The molecule has 2 saturated carbocycles. The lowest BCUT2D eigenvalue weighted by Gasteiger charge is -2.30. The van der Waals surface area contributed by atoms with Crippen LogP contribution < -0.4 is 20.7 Å². The van der Waals surface area contributed by atoms with Crippen LogP contribution in [-0.4, -0.2) is 90.2 Å². The van der Waals surface area contributed by atoms with Gasteiger partial charge in [0.2, 0.25) is 23.6 Å². The highest BCUT2D eigenvalue weighted by atomic mass is 32.1. The maximum atomic E-state index is 14.5. The Labute approximate surface area is 309 Å². The number of H-pyrrole nitrogens is 1. The molecule has 276 valence electrons. The first-order valence-electron chi connectivity index (χ1n) is 18.3. The topological polar surface area (TPSA) is 193 Å². The molecule has 4 aliphatic rings. The lowest BCUT2D eigenvalue weighted by Crippen LogP contribution is -2.57. The van der Waals surface area contributed by atoms with Gasteiger partial charge in [-0.25, -0.2) is 19.9 Å². The number of ether oxygens (including phenoxy) is 2. The van der Waals surface area contributed by atoms with Gasteiger partial charge >= 0.3 is 6.09 Å². The second kappa shape index (κ2) is 14.9. The van der Waals surface area contributed by atoms with Crippen LogP contribution in [0, 0.1) is 5.92 Å². The van der Waals surface area contributed by atoms with Gasteiger partial charge in [-0.15, -0.1) is 11.3 Å². The van der Waals surface area contributed by atoms with Crippen LogP contribution in [0.5, 0.6) is 5.88 Å². The Balaban J connectivity index is 1.10. The smallest absolute Gasteiger partial charge is 0.408 e. The number of hydrogen-bond donors (Lipinski definition) is 4. The van der Waals surface area contributed by atoms with E-state index in [0.717, 1.165) is 43.4 Å². The Morgan fingerprint density at radius 3 is 2.58 bits per heavy atom. The molecular formula is C37H41N9O6S. The van der Waals surface area contributed by atoms with Crippen molar-refractivity contribution in [3.8, 4) is 16.5 Å². The molecule has 4 aromatic rings. The molecule has 16 heteroatoms. The molecular weight excluding hydrogens is 699 g/mol. The van der Waals surface area contributed by atoms with E-state index in [1.807, 2.05) is 53.9 Å². The molecule has 1 aromatic carbocycles. The molecule has 5 heterocycles. The minimum Gasteiger partial charge on any atom is -0.471 e. The second-order valence-corrected chi connectivity index (χ2v) is 15.1. The van der Waals surface area contributed by atoms with Gasteiger partial charge in [-0.2, -0.15) is 10.1 Å². The van der Waals surface area contributed by atoms with E-state index in [1.54, 1.807) is 0 Å². The van der Waals surface area contributed by atoms with Crippen molar-refractivity contribution in [2.45, 2.75) is 94.0 Å². The number of carbonyl (C=O) groups excluding carboxylic acids is 4. The third kappa shape index (κ3) is 7.45. The fourth-order valence-electron chi connectivity index (χ4n) is 7.26.